The van der Waals surface area contributed by atoms with Gasteiger partial charge in [0.25, 0.3) is 5.91 Å². The van der Waals surface area contributed by atoms with Gasteiger partial charge in [-0.05, 0) is 30.7 Å². The third kappa shape index (κ3) is 2.36. The Morgan fingerprint density at radius 3 is 2.43 bits per heavy atom. The van der Waals surface area contributed by atoms with Crippen LogP contribution in [0, 0.1) is 33.6 Å². The van der Waals surface area contributed by atoms with Crippen molar-refractivity contribution in [3.05, 3.63) is 39.4 Å². The average molecular weight is 296 g/mol. The number of rotatable bonds is 2. The summed E-state index contributed by atoms with van der Waals surface area (Å²) in [4.78, 5) is 23.5. The molecule has 1 saturated carbocycles. The lowest BCUT2D eigenvalue weighted by Crippen LogP contribution is -2.30. The fourth-order valence-electron chi connectivity index (χ4n) is 3.43. The van der Waals surface area contributed by atoms with Crippen LogP contribution in [-0.2, 0) is 0 Å². The molecular weight excluding hydrogens is 282 g/mol. The Balaban J connectivity index is 1.90. The number of amides is 1. The van der Waals surface area contributed by atoms with Crippen molar-refractivity contribution >= 4 is 11.6 Å². The van der Waals surface area contributed by atoms with Crippen molar-refractivity contribution in [3.63, 3.8) is 0 Å². The van der Waals surface area contributed by atoms with Gasteiger partial charge in [0.15, 0.2) is 0 Å². The number of halogens is 2. The lowest BCUT2D eigenvalue weighted by molar-refractivity contribution is -0.387. The predicted octanol–water partition coefficient (Wildman–Crippen LogP) is 2.75. The maximum Gasteiger partial charge on any atom is 0.308 e. The Kier molecular flexibility index (Phi) is 3.35. The van der Waals surface area contributed by atoms with E-state index in [0.717, 1.165) is 25.3 Å². The maximum atomic E-state index is 14.0. The molecule has 1 aromatic rings. The Labute approximate surface area is 119 Å². The summed E-state index contributed by atoms with van der Waals surface area (Å²) in [5.74, 6) is -2.07. The third-order valence-corrected chi connectivity index (χ3v) is 4.46. The first kappa shape index (κ1) is 13.9. The molecule has 112 valence electrons. The minimum Gasteiger partial charge on any atom is -0.338 e. The van der Waals surface area contributed by atoms with E-state index in [4.69, 9.17) is 0 Å². The van der Waals surface area contributed by atoms with Crippen molar-refractivity contribution in [3.8, 4) is 0 Å². The highest BCUT2D eigenvalue weighted by Gasteiger charge is 2.39. The number of fused-ring (bicyclic) bond motifs is 1. The van der Waals surface area contributed by atoms with Crippen molar-refractivity contribution in [2.45, 2.75) is 19.3 Å². The maximum absolute atomic E-state index is 14.0. The molecule has 0 N–H and O–H groups in total. The largest absolute Gasteiger partial charge is 0.338 e. The molecule has 0 aromatic heterocycles. The smallest absolute Gasteiger partial charge is 0.308 e. The number of nitro benzene ring substituents is 1. The van der Waals surface area contributed by atoms with E-state index >= 15 is 0 Å². The Bertz CT molecular complexity index is 608. The molecule has 7 heteroatoms. The molecule has 1 amide bonds. The van der Waals surface area contributed by atoms with Gasteiger partial charge in [0.05, 0.1) is 16.6 Å². The van der Waals surface area contributed by atoms with Gasteiger partial charge in [-0.25, -0.2) is 4.39 Å². The lowest BCUT2D eigenvalue weighted by Gasteiger charge is -2.17. The molecule has 2 fully saturated rings. The monoisotopic (exact) mass is 296 g/mol. The molecule has 2 aliphatic rings. The van der Waals surface area contributed by atoms with E-state index in [2.05, 4.69) is 0 Å². The highest BCUT2D eigenvalue weighted by atomic mass is 19.1. The fraction of sp³-hybridized carbons (Fsp3) is 0.500. The second-order valence-corrected chi connectivity index (χ2v) is 5.70. The van der Waals surface area contributed by atoms with Gasteiger partial charge >= 0.3 is 5.69 Å². The summed E-state index contributed by atoms with van der Waals surface area (Å²) >= 11 is 0. The first-order valence-corrected chi connectivity index (χ1v) is 6.90. The van der Waals surface area contributed by atoms with Crippen molar-refractivity contribution in [2.75, 3.05) is 13.1 Å². The van der Waals surface area contributed by atoms with Crippen molar-refractivity contribution in [1.29, 1.82) is 0 Å². The van der Waals surface area contributed by atoms with Gasteiger partial charge in [-0.1, -0.05) is 6.42 Å². The van der Waals surface area contributed by atoms with Crippen LogP contribution in [0.4, 0.5) is 14.5 Å². The van der Waals surface area contributed by atoms with Crippen LogP contribution in [0.1, 0.15) is 29.6 Å². The number of likely N-dealkylation sites (tertiary alicyclic amines) is 1. The number of benzene rings is 1. The van der Waals surface area contributed by atoms with E-state index < -0.39 is 33.7 Å². The Morgan fingerprint density at radius 1 is 1.24 bits per heavy atom. The van der Waals surface area contributed by atoms with E-state index in [1.807, 2.05) is 0 Å². The van der Waals surface area contributed by atoms with Gasteiger partial charge in [-0.2, -0.15) is 4.39 Å². The second kappa shape index (κ2) is 5.05. The molecule has 1 aromatic carbocycles. The summed E-state index contributed by atoms with van der Waals surface area (Å²) in [5.41, 5.74) is -1.56. The summed E-state index contributed by atoms with van der Waals surface area (Å²) in [6, 6.07) is 1.23. The molecule has 2 unspecified atom stereocenters. The molecule has 1 aliphatic carbocycles. The Hall–Kier alpha value is -2.05. The quantitative estimate of drug-likeness (QED) is 0.622. The van der Waals surface area contributed by atoms with Gasteiger partial charge in [0.2, 0.25) is 5.82 Å². The van der Waals surface area contributed by atoms with Gasteiger partial charge in [-0.3, -0.25) is 14.9 Å². The molecule has 0 radical (unpaired) electrons. The van der Waals surface area contributed by atoms with E-state index in [1.165, 1.54) is 4.90 Å². The highest BCUT2D eigenvalue weighted by Crippen LogP contribution is 2.38. The van der Waals surface area contributed by atoms with Gasteiger partial charge in [0.1, 0.15) is 5.82 Å². The molecule has 3 rings (SSSR count). The first-order valence-electron chi connectivity index (χ1n) is 6.90. The van der Waals surface area contributed by atoms with E-state index in [1.54, 1.807) is 0 Å². The molecule has 1 saturated heterocycles. The summed E-state index contributed by atoms with van der Waals surface area (Å²) in [7, 11) is 0. The van der Waals surface area contributed by atoms with Crippen LogP contribution >= 0.6 is 0 Å². The molecular formula is C14H14F2N2O3. The number of hydrogen-bond donors (Lipinski definition) is 0. The average Bonchev–Trinajstić information content (AvgIpc) is 3.00. The van der Waals surface area contributed by atoms with Crippen LogP contribution in [0.5, 0.6) is 0 Å². The predicted molar refractivity (Wildman–Crippen MR) is 69.7 cm³/mol. The van der Waals surface area contributed by atoms with Gasteiger partial charge in [-0.15, -0.1) is 0 Å². The number of carbonyl (C=O) groups is 1. The van der Waals surface area contributed by atoms with E-state index in [9.17, 15) is 23.7 Å². The van der Waals surface area contributed by atoms with Crippen molar-refractivity contribution in [2.24, 2.45) is 11.8 Å². The van der Waals surface area contributed by atoms with Crippen LogP contribution in [0.15, 0.2) is 12.1 Å². The molecule has 21 heavy (non-hydrogen) atoms. The number of hydrogen-bond acceptors (Lipinski definition) is 3. The first-order chi connectivity index (χ1) is 9.97. The van der Waals surface area contributed by atoms with Crippen molar-refractivity contribution < 1.29 is 18.5 Å². The van der Waals surface area contributed by atoms with Crippen LogP contribution < -0.4 is 0 Å². The SMILES string of the molecule is O=C(c1cc(F)cc([N+](=O)[O-])c1F)N1CC2CCCC2C1. The van der Waals surface area contributed by atoms with Gasteiger partial charge < -0.3 is 4.90 Å². The summed E-state index contributed by atoms with van der Waals surface area (Å²) in [6.45, 7) is 1.04. The zero-order valence-electron chi connectivity index (χ0n) is 11.2. The molecule has 0 spiro atoms. The normalized spacial score (nSPS) is 24.2. The number of carbonyl (C=O) groups excluding carboxylic acids is 1. The summed E-state index contributed by atoms with van der Waals surface area (Å²) in [5, 5.41) is 10.7. The Morgan fingerprint density at radius 2 is 1.86 bits per heavy atom. The summed E-state index contributed by atoms with van der Waals surface area (Å²) < 4.78 is 27.4. The van der Waals surface area contributed by atoms with E-state index in [0.29, 0.717) is 31.0 Å². The molecule has 1 aliphatic heterocycles. The van der Waals surface area contributed by atoms with Crippen LogP contribution in [0.2, 0.25) is 0 Å². The van der Waals surface area contributed by atoms with Crippen LogP contribution in [0.3, 0.4) is 0 Å². The highest BCUT2D eigenvalue weighted by molar-refractivity contribution is 5.95. The van der Waals surface area contributed by atoms with Crippen LogP contribution in [0.25, 0.3) is 0 Å². The molecule has 5 nitrogen and oxygen atoms in total. The lowest BCUT2D eigenvalue weighted by atomic mass is 10.0. The summed E-state index contributed by atoms with van der Waals surface area (Å²) in [6.07, 6.45) is 3.22. The molecule has 1 heterocycles. The standard InChI is InChI=1S/C14H14F2N2O3/c15-10-4-11(13(16)12(5-10)18(20)21)14(19)17-6-8-2-1-3-9(8)7-17/h4-5,8-9H,1-3,6-7H2. The third-order valence-electron chi connectivity index (χ3n) is 4.46. The minimum absolute atomic E-state index is 0.417. The van der Waals surface area contributed by atoms with E-state index in [-0.39, 0.29) is 0 Å². The van der Waals surface area contributed by atoms with Crippen molar-refractivity contribution in [1.82, 2.24) is 4.90 Å². The fourth-order valence-corrected chi connectivity index (χ4v) is 3.43. The molecule has 2 atom stereocenters. The van der Waals surface area contributed by atoms with Gasteiger partial charge in [0, 0.05) is 13.1 Å². The topological polar surface area (TPSA) is 63.4 Å². The van der Waals surface area contributed by atoms with Crippen LogP contribution in [-0.4, -0.2) is 28.8 Å². The number of nitrogens with zero attached hydrogens (tertiary/aromatic N) is 2. The minimum atomic E-state index is -1.26. The zero-order valence-corrected chi connectivity index (χ0v) is 11.2. The number of nitro groups is 1. The molecule has 0 bridgehead atoms. The zero-order chi connectivity index (χ0) is 15.1. The second-order valence-electron chi connectivity index (χ2n) is 5.70.